The fourth-order valence-corrected chi connectivity index (χ4v) is 5.13. The Balaban J connectivity index is 1.46. The van der Waals surface area contributed by atoms with E-state index in [4.69, 9.17) is 14.8 Å². The summed E-state index contributed by atoms with van der Waals surface area (Å²) in [6.07, 6.45) is 0. The number of aromatic nitrogens is 3. The Morgan fingerprint density at radius 3 is 2.65 bits per heavy atom. The molecule has 1 atom stereocenters. The molecule has 0 fully saturated rings. The Hall–Kier alpha value is -3.10. The highest BCUT2D eigenvalue weighted by Gasteiger charge is 2.35. The molecule has 1 aromatic heterocycles. The molecule has 34 heavy (non-hydrogen) atoms. The van der Waals surface area contributed by atoms with Crippen LogP contribution in [0.5, 0.6) is 0 Å². The van der Waals surface area contributed by atoms with Gasteiger partial charge in [0.2, 0.25) is 11.1 Å². The third kappa shape index (κ3) is 4.48. The van der Waals surface area contributed by atoms with Gasteiger partial charge in [-0.25, -0.2) is 9.48 Å². The van der Waals surface area contributed by atoms with E-state index in [2.05, 4.69) is 57.6 Å². The monoisotopic (exact) mass is 534 g/mol. The van der Waals surface area contributed by atoms with Crippen LogP contribution in [0, 0.1) is 0 Å². The maximum Gasteiger partial charge on any atom is 0.338 e. The highest BCUT2D eigenvalue weighted by atomic mass is 79.9. The zero-order valence-corrected chi connectivity index (χ0v) is 21.2. The van der Waals surface area contributed by atoms with Crippen molar-refractivity contribution in [1.82, 2.24) is 14.8 Å². The largest absolute Gasteiger partial charge is 0.463 e. The van der Waals surface area contributed by atoms with Crippen LogP contribution in [0.3, 0.4) is 0 Å². The third-order valence-electron chi connectivity index (χ3n) is 5.70. The molecule has 2 heterocycles. The van der Waals surface area contributed by atoms with Crippen LogP contribution < -0.4 is 5.32 Å². The summed E-state index contributed by atoms with van der Waals surface area (Å²) >= 11 is 5.06. The van der Waals surface area contributed by atoms with Crippen molar-refractivity contribution in [2.24, 2.45) is 0 Å². The number of rotatable bonds is 6. The number of thioether (sulfide) groups is 1. The second-order valence-corrected chi connectivity index (χ2v) is 9.83. The molecule has 0 unspecified atom stereocenters. The van der Waals surface area contributed by atoms with Crippen LogP contribution in [-0.2, 0) is 15.3 Å². The lowest BCUT2D eigenvalue weighted by Crippen LogP contribution is -2.29. The summed E-state index contributed by atoms with van der Waals surface area (Å²) < 4.78 is 8.13. The molecule has 0 amide bonds. The molecule has 1 aliphatic rings. The SMILES string of the molecule is CCOC(=O)C1=C(C)Nc2nc(SCc3ccc4ccccc4c3)nn2[C@@H]1c1ccc(Br)cc1. The summed E-state index contributed by atoms with van der Waals surface area (Å²) in [5.41, 5.74) is 3.39. The molecule has 5 rings (SSSR count). The number of halogens is 1. The molecule has 172 valence electrons. The summed E-state index contributed by atoms with van der Waals surface area (Å²) in [4.78, 5) is 17.6. The lowest BCUT2D eigenvalue weighted by Gasteiger charge is -2.28. The summed E-state index contributed by atoms with van der Waals surface area (Å²) in [6.45, 7) is 3.99. The zero-order valence-electron chi connectivity index (χ0n) is 18.8. The van der Waals surface area contributed by atoms with Crippen molar-refractivity contribution < 1.29 is 9.53 Å². The number of esters is 1. The van der Waals surface area contributed by atoms with Crippen LogP contribution in [0.25, 0.3) is 10.8 Å². The van der Waals surface area contributed by atoms with Gasteiger partial charge in [0.15, 0.2) is 0 Å². The minimum atomic E-state index is -0.425. The number of fused-ring (bicyclic) bond motifs is 2. The lowest BCUT2D eigenvalue weighted by molar-refractivity contribution is -0.139. The molecule has 4 aromatic rings. The fourth-order valence-electron chi connectivity index (χ4n) is 4.10. The van der Waals surface area contributed by atoms with E-state index in [0.29, 0.717) is 23.3 Å². The van der Waals surface area contributed by atoms with E-state index in [1.54, 1.807) is 23.4 Å². The molecule has 8 heteroatoms. The standard InChI is InChI=1S/C26H23BrN4O2S/c1-3-33-24(32)22-16(2)28-25-29-26(30-31(25)23(22)19-10-12-21(27)13-11-19)34-15-17-8-9-18-6-4-5-7-20(18)14-17/h4-14,23H,3,15H2,1-2H3,(H,28,29,30)/t23-/m1/s1. The smallest absolute Gasteiger partial charge is 0.338 e. The number of benzene rings is 3. The van der Waals surface area contributed by atoms with Gasteiger partial charge in [-0.05, 0) is 47.9 Å². The van der Waals surface area contributed by atoms with Gasteiger partial charge in [0.1, 0.15) is 6.04 Å². The van der Waals surface area contributed by atoms with Gasteiger partial charge in [0.25, 0.3) is 0 Å². The number of nitrogens with one attached hydrogen (secondary N) is 1. The predicted molar refractivity (Wildman–Crippen MR) is 139 cm³/mol. The molecular weight excluding hydrogens is 512 g/mol. The van der Waals surface area contributed by atoms with Crippen molar-refractivity contribution in [3.8, 4) is 0 Å². The number of hydrogen-bond acceptors (Lipinski definition) is 6. The molecule has 1 N–H and O–H groups in total. The van der Waals surface area contributed by atoms with Crippen LogP contribution in [0.2, 0.25) is 0 Å². The topological polar surface area (TPSA) is 69.0 Å². The molecule has 0 bridgehead atoms. The van der Waals surface area contributed by atoms with E-state index in [0.717, 1.165) is 21.5 Å². The first kappa shape index (κ1) is 22.7. The first-order valence-corrected chi connectivity index (χ1v) is 12.8. The predicted octanol–water partition coefficient (Wildman–Crippen LogP) is 6.34. The van der Waals surface area contributed by atoms with Crippen LogP contribution in [0.15, 0.2) is 87.6 Å². The molecule has 3 aromatic carbocycles. The average Bonchev–Trinajstić information content (AvgIpc) is 3.25. The van der Waals surface area contributed by atoms with Gasteiger partial charge in [-0.1, -0.05) is 82.3 Å². The van der Waals surface area contributed by atoms with E-state index >= 15 is 0 Å². The maximum atomic E-state index is 12.9. The molecule has 0 saturated carbocycles. The number of carbonyl (C=O) groups excluding carboxylic acids is 1. The van der Waals surface area contributed by atoms with Crippen LogP contribution in [0.4, 0.5) is 5.95 Å². The van der Waals surface area contributed by atoms with E-state index in [9.17, 15) is 4.79 Å². The minimum Gasteiger partial charge on any atom is -0.463 e. The number of hydrogen-bond donors (Lipinski definition) is 1. The molecule has 0 aliphatic carbocycles. The number of allylic oxidation sites excluding steroid dienone is 1. The van der Waals surface area contributed by atoms with Gasteiger partial charge in [0, 0.05) is 15.9 Å². The molecule has 1 aliphatic heterocycles. The van der Waals surface area contributed by atoms with E-state index in [-0.39, 0.29) is 5.97 Å². The second kappa shape index (κ2) is 9.64. The average molecular weight is 535 g/mol. The van der Waals surface area contributed by atoms with Crippen molar-refractivity contribution in [2.75, 3.05) is 11.9 Å². The van der Waals surface area contributed by atoms with Gasteiger partial charge in [-0.15, -0.1) is 5.10 Å². The van der Waals surface area contributed by atoms with Crippen LogP contribution in [-0.4, -0.2) is 27.3 Å². The normalized spacial score (nSPS) is 15.2. The highest BCUT2D eigenvalue weighted by molar-refractivity contribution is 9.10. The van der Waals surface area contributed by atoms with E-state index < -0.39 is 6.04 Å². The Morgan fingerprint density at radius 2 is 1.88 bits per heavy atom. The van der Waals surface area contributed by atoms with Gasteiger partial charge in [0.05, 0.1) is 12.2 Å². The lowest BCUT2D eigenvalue weighted by atomic mass is 9.96. The molecule has 0 radical (unpaired) electrons. The number of nitrogens with zero attached hydrogens (tertiary/aromatic N) is 3. The molecular formula is C26H23BrN4O2S. The Kier molecular flexibility index (Phi) is 6.43. The summed E-state index contributed by atoms with van der Waals surface area (Å²) in [7, 11) is 0. The van der Waals surface area contributed by atoms with Gasteiger partial charge < -0.3 is 10.1 Å². The molecule has 6 nitrogen and oxygen atoms in total. The first-order valence-electron chi connectivity index (χ1n) is 11.0. The summed E-state index contributed by atoms with van der Waals surface area (Å²) in [5.74, 6) is 1.00. The van der Waals surface area contributed by atoms with E-state index in [1.165, 1.54) is 16.3 Å². The Morgan fingerprint density at radius 1 is 1.12 bits per heavy atom. The van der Waals surface area contributed by atoms with Crippen molar-refractivity contribution >= 4 is 50.4 Å². The summed E-state index contributed by atoms with van der Waals surface area (Å²) in [5, 5.41) is 11.1. The second-order valence-electron chi connectivity index (χ2n) is 7.97. The highest BCUT2D eigenvalue weighted by Crippen LogP contribution is 2.37. The number of carbonyl (C=O) groups is 1. The number of ether oxygens (including phenoxy) is 1. The molecule has 0 saturated heterocycles. The van der Waals surface area contributed by atoms with Gasteiger partial charge in [-0.2, -0.15) is 4.98 Å². The van der Waals surface area contributed by atoms with Gasteiger partial charge in [-0.3, -0.25) is 0 Å². The number of anilines is 1. The first-order chi connectivity index (χ1) is 16.5. The van der Waals surface area contributed by atoms with Crippen molar-refractivity contribution in [2.45, 2.75) is 30.8 Å². The summed E-state index contributed by atoms with van der Waals surface area (Å²) in [6, 6.07) is 22.3. The van der Waals surface area contributed by atoms with Gasteiger partial charge >= 0.3 is 5.97 Å². The zero-order chi connectivity index (χ0) is 23.7. The van der Waals surface area contributed by atoms with E-state index in [1.807, 2.05) is 37.3 Å². The Labute approximate surface area is 210 Å². The van der Waals surface area contributed by atoms with Crippen LogP contribution >= 0.6 is 27.7 Å². The van der Waals surface area contributed by atoms with Crippen molar-refractivity contribution in [3.05, 3.63) is 93.6 Å². The molecule has 0 spiro atoms. The quantitative estimate of drug-likeness (QED) is 0.230. The minimum absolute atomic E-state index is 0.305. The Bertz CT molecular complexity index is 1400. The maximum absolute atomic E-state index is 12.9. The third-order valence-corrected chi connectivity index (χ3v) is 7.13. The fraction of sp³-hybridized carbons (Fsp3) is 0.192. The van der Waals surface area contributed by atoms with Crippen molar-refractivity contribution in [1.29, 1.82) is 0 Å². The van der Waals surface area contributed by atoms with Crippen LogP contribution in [0.1, 0.15) is 31.0 Å². The van der Waals surface area contributed by atoms with Crippen molar-refractivity contribution in [3.63, 3.8) is 0 Å².